The van der Waals surface area contributed by atoms with E-state index in [1.807, 2.05) is 7.05 Å². The Bertz CT molecular complexity index is 328. The Balaban J connectivity index is 2.99. The van der Waals surface area contributed by atoms with Gasteiger partial charge in [-0.25, -0.2) is 0 Å². The van der Waals surface area contributed by atoms with Crippen molar-refractivity contribution in [1.29, 1.82) is 0 Å². The molecule has 0 spiro atoms. The lowest BCUT2D eigenvalue weighted by Crippen LogP contribution is -2.32. The van der Waals surface area contributed by atoms with Crippen LogP contribution in [-0.4, -0.2) is 18.6 Å². The Kier molecular flexibility index (Phi) is 2.88. The number of hydrogen-bond donors (Lipinski definition) is 2. The van der Waals surface area contributed by atoms with Gasteiger partial charge >= 0.3 is 0 Å². The molecule has 72 valence electrons. The number of pyridine rings is 1. The maximum Gasteiger partial charge on any atom is 0.181 e. The van der Waals surface area contributed by atoms with Gasteiger partial charge in [0, 0.05) is 36.0 Å². The van der Waals surface area contributed by atoms with Crippen LogP contribution >= 0.6 is 0 Å². The lowest BCUT2D eigenvalue weighted by atomic mass is 9.89. The molecule has 0 aromatic carbocycles. The number of nitrogens with one attached hydrogen (secondary N) is 2. The highest BCUT2D eigenvalue weighted by Gasteiger charge is 2.20. The summed E-state index contributed by atoms with van der Waals surface area (Å²) in [4.78, 5) is 14.2. The molecule has 0 radical (unpaired) electrons. The molecule has 0 aliphatic carbocycles. The third kappa shape index (κ3) is 2.42. The molecule has 2 N–H and O–H groups in total. The van der Waals surface area contributed by atoms with Gasteiger partial charge in [-0.05, 0) is 7.05 Å². The van der Waals surface area contributed by atoms with E-state index in [4.69, 9.17) is 0 Å². The molecular formula is C10H16N2O. The van der Waals surface area contributed by atoms with Crippen molar-refractivity contribution in [3.8, 4) is 0 Å². The lowest BCUT2D eigenvalue weighted by Gasteiger charge is -2.23. The van der Waals surface area contributed by atoms with E-state index in [0.717, 1.165) is 12.2 Å². The largest absolute Gasteiger partial charge is 0.364 e. The molecule has 1 aromatic heterocycles. The molecule has 0 saturated carbocycles. The summed E-state index contributed by atoms with van der Waals surface area (Å²) < 4.78 is 0. The summed E-state index contributed by atoms with van der Waals surface area (Å²) in [5.74, 6) is 0. The molecule has 0 atom stereocenters. The topological polar surface area (TPSA) is 44.9 Å². The predicted molar refractivity (Wildman–Crippen MR) is 54.0 cm³/mol. The number of aromatic amines is 1. The second-order valence-corrected chi connectivity index (χ2v) is 3.85. The van der Waals surface area contributed by atoms with Gasteiger partial charge in [0.2, 0.25) is 0 Å². The first-order valence-electron chi connectivity index (χ1n) is 4.40. The number of H-pyrrole nitrogens is 1. The minimum atomic E-state index is -0.0326. The van der Waals surface area contributed by atoms with Crippen molar-refractivity contribution >= 4 is 0 Å². The van der Waals surface area contributed by atoms with E-state index >= 15 is 0 Å². The number of aromatic nitrogens is 1. The molecule has 0 fully saturated rings. The van der Waals surface area contributed by atoms with Crippen LogP contribution in [0.15, 0.2) is 23.1 Å². The molecule has 1 heterocycles. The van der Waals surface area contributed by atoms with Gasteiger partial charge in [-0.15, -0.1) is 0 Å². The molecule has 13 heavy (non-hydrogen) atoms. The average Bonchev–Trinajstić information content (AvgIpc) is 2.04. The van der Waals surface area contributed by atoms with Crippen LogP contribution in [0.5, 0.6) is 0 Å². The molecule has 0 amide bonds. The van der Waals surface area contributed by atoms with E-state index in [1.165, 1.54) is 6.07 Å². The summed E-state index contributed by atoms with van der Waals surface area (Å²) >= 11 is 0. The minimum absolute atomic E-state index is 0.0326. The highest BCUT2D eigenvalue weighted by molar-refractivity contribution is 5.15. The molecule has 3 heteroatoms. The molecule has 0 unspecified atom stereocenters. The molecular weight excluding hydrogens is 164 g/mol. The van der Waals surface area contributed by atoms with Gasteiger partial charge in [-0.1, -0.05) is 13.8 Å². The number of likely N-dealkylation sites (N-methyl/N-ethyl adjacent to an activating group) is 1. The fraction of sp³-hybridized carbons (Fsp3) is 0.500. The predicted octanol–water partition coefficient (Wildman–Crippen LogP) is 0.872. The van der Waals surface area contributed by atoms with Crippen LogP contribution in [0.1, 0.15) is 19.5 Å². The van der Waals surface area contributed by atoms with Gasteiger partial charge in [0.15, 0.2) is 5.43 Å². The third-order valence-electron chi connectivity index (χ3n) is 2.12. The average molecular weight is 180 g/mol. The third-order valence-corrected chi connectivity index (χ3v) is 2.12. The van der Waals surface area contributed by atoms with Gasteiger partial charge in [-0.2, -0.15) is 0 Å². The summed E-state index contributed by atoms with van der Waals surface area (Å²) in [7, 11) is 1.91. The van der Waals surface area contributed by atoms with Gasteiger partial charge < -0.3 is 10.3 Å². The smallest absolute Gasteiger partial charge is 0.181 e. The van der Waals surface area contributed by atoms with Gasteiger partial charge in [0.1, 0.15) is 0 Å². The molecule has 3 nitrogen and oxygen atoms in total. The molecule has 0 bridgehead atoms. The Morgan fingerprint density at radius 2 is 2.23 bits per heavy atom. The van der Waals surface area contributed by atoms with Crippen LogP contribution in [0.25, 0.3) is 0 Å². The first-order valence-corrected chi connectivity index (χ1v) is 4.40. The Labute approximate surface area is 78.2 Å². The van der Waals surface area contributed by atoms with Crippen molar-refractivity contribution < 1.29 is 0 Å². The molecule has 1 rings (SSSR count). The van der Waals surface area contributed by atoms with E-state index in [2.05, 4.69) is 24.1 Å². The Morgan fingerprint density at radius 1 is 1.54 bits per heavy atom. The Hall–Kier alpha value is -1.09. The van der Waals surface area contributed by atoms with Gasteiger partial charge in [0.25, 0.3) is 0 Å². The first-order chi connectivity index (χ1) is 6.06. The van der Waals surface area contributed by atoms with E-state index in [1.54, 1.807) is 12.3 Å². The van der Waals surface area contributed by atoms with Crippen LogP contribution in [0.3, 0.4) is 0 Å². The van der Waals surface area contributed by atoms with Crippen molar-refractivity contribution in [3.05, 3.63) is 34.2 Å². The molecule has 1 aromatic rings. The van der Waals surface area contributed by atoms with Crippen LogP contribution in [0.4, 0.5) is 0 Å². The van der Waals surface area contributed by atoms with Gasteiger partial charge in [-0.3, -0.25) is 4.79 Å². The zero-order valence-electron chi connectivity index (χ0n) is 8.35. The fourth-order valence-corrected chi connectivity index (χ4v) is 1.37. The maximum absolute atomic E-state index is 11.1. The maximum atomic E-state index is 11.1. The summed E-state index contributed by atoms with van der Waals surface area (Å²) in [6.45, 7) is 5.02. The van der Waals surface area contributed by atoms with Crippen LogP contribution in [0, 0.1) is 0 Å². The summed E-state index contributed by atoms with van der Waals surface area (Å²) in [5.41, 5.74) is 0.988. The van der Waals surface area contributed by atoms with Crippen LogP contribution < -0.4 is 10.7 Å². The quantitative estimate of drug-likeness (QED) is 0.725. The van der Waals surface area contributed by atoms with Crippen molar-refractivity contribution in [1.82, 2.24) is 10.3 Å². The first kappa shape index (κ1) is 9.99. The highest BCUT2D eigenvalue weighted by atomic mass is 16.1. The van der Waals surface area contributed by atoms with E-state index in [9.17, 15) is 4.79 Å². The fourth-order valence-electron chi connectivity index (χ4n) is 1.37. The second-order valence-electron chi connectivity index (χ2n) is 3.85. The number of rotatable bonds is 3. The zero-order chi connectivity index (χ0) is 9.90. The monoisotopic (exact) mass is 180 g/mol. The number of hydrogen-bond acceptors (Lipinski definition) is 2. The summed E-state index contributed by atoms with van der Waals surface area (Å²) in [6, 6.07) is 3.18. The van der Waals surface area contributed by atoms with Crippen molar-refractivity contribution in [2.24, 2.45) is 0 Å². The molecule has 0 saturated heterocycles. The SMILES string of the molecule is CNCC(C)(C)c1cc(=O)cc[nH]1. The van der Waals surface area contributed by atoms with Crippen molar-refractivity contribution in [2.75, 3.05) is 13.6 Å². The van der Waals surface area contributed by atoms with E-state index < -0.39 is 0 Å². The summed E-state index contributed by atoms with van der Waals surface area (Å²) in [6.07, 6.45) is 1.69. The second kappa shape index (κ2) is 3.75. The van der Waals surface area contributed by atoms with E-state index in [-0.39, 0.29) is 10.8 Å². The van der Waals surface area contributed by atoms with E-state index in [0.29, 0.717) is 0 Å². The Morgan fingerprint density at radius 3 is 2.77 bits per heavy atom. The van der Waals surface area contributed by atoms with Crippen LogP contribution in [0.2, 0.25) is 0 Å². The van der Waals surface area contributed by atoms with Crippen molar-refractivity contribution in [2.45, 2.75) is 19.3 Å². The zero-order valence-corrected chi connectivity index (χ0v) is 8.35. The van der Waals surface area contributed by atoms with Crippen molar-refractivity contribution in [3.63, 3.8) is 0 Å². The van der Waals surface area contributed by atoms with Crippen LogP contribution in [-0.2, 0) is 5.41 Å². The minimum Gasteiger partial charge on any atom is -0.364 e. The molecule has 0 aliphatic heterocycles. The van der Waals surface area contributed by atoms with Gasteiger partial charge in [0.05, 0.1) is 0 Å². The standard InChI is InChI=1S/C10H16N2O/c1-10(2,7-11-3)9-6-8(13)4-5-12-9/h4-6,11H,7H2,1-3H3,(H,12,13). The highest BCUT2D eigenvalue weighted by Crippen LogP contribution is 2.17. The lowest BCUT2D eigenvalue weighted by molar-refractivity contribution is 0.480. The molecule has 0 aliphatic rings. The normalized spacial score (nSPS) is 11.6. The summed E-state index contributed by atoms with van der Waals surface area (Å²) in [5, 5.41) is 3.10.